The van der Waals surface area contributed by atoms with Gasteiger partial charge in [0.2, 0.25) is 5.91 Å². The minimum atomic E-state index is -0.166. The topological polar surface area (TPSA) is 81.9 Å². The molecule has 1 N–H and O–H groups in total. The van der Waals surface area contributed by atoms with Gasteiger partial charge in [-0.1, -0.05) is 47.7 Å². The van der Waals surface area contributed by atoms with Crippen LogP contribution in [0.15, 0.2) is 78.1 Å². The van der Waals surface area contributed by atoms with Crippen LogP contribution in [0.2, 0.25) is 0 Å². The van der Waals surface area contributed by atoms with Gasteiger partial charge in [0.25, 0.3) is 0 Å². The van der Waals surface area contributed by atoms with E-state index in [0.29, 0.717) is 22.5 Å². The highest BCUT2D eigenvalue weighted by Gasteiger charge is 2.19. The summed E-state index contributed by atoms with van der Waals surface area (Å²) in [6, 6.07) is 21.1. The number of hydrogen-bond donors (Lipinski definition) is 1. The van der Waals surface area contributed by atoms with Crippen LogP contribution in [0.5, 0.6) is 5.75 Å². The van der Waals surface area contributed by atoms with Crippen molar-refractivity contribution in [2.75, 3.05) is 18.2 Å². The number of rotatable bonds is 7. The Hall–Kier alpha value is -3.65. The predicted molar refractivity (Wildman–Crippen MR) is 122 cm³/mol. The van der Waals surface area contributed by atoms with Gasteiger partial charge in [-0.3, -0.25) is 9.36 Å². The zero-order valence-corrected chi connectivity index (χ0v) is 18.0. The molecule has 0 unspecified atom stereocenters. The van der Waals surface area contributed by atoms with Gasteiger partial charge in [0, 0.05) is 11.9 Å². The number of thioether (sulfide) groups is 1. The van der Waals surface area contributed by atoms with E-state index in [9.17, 15) is 4.79 Å². The third-order valence-corrected chi connectivity index (χ3v) is 5.47. The lowest BCUT2D eigenvalue weighted by molar-refractivity contribution is -0.113. The predicted octanol–water partition coefficient (Wildman–Crippen LogP) is 4.38. The maximum Gasteiger partial charge on any atom is 0.236 e. The van der Waals surface area contributed by atoms with E-state index in [2.05, 4.69) is 20.5 Å². The molecule has 4 rings (SSSR count). The largest absolute Gasteiger partial charge is 0.496 e. The van der Waals surface area contributed by atoms with Crippen LogP contribution in [0.25, 0.3) is 17.1 Å². The second-order valence-electron chi connectivity index (χ2n) is 6.73. The summed E-state index contributed by atoms with van der Waals surface area (Å²) in [5, 5.41) is 12.2. The number of nitrogens with zero attached hydrogens (tertiary/aromatic N) is 4. The lowest BCUT2D eigenvalue weighted by Gasteiger charge is -2.12. The fraction of sp³-hybridized carbons (Fsp3) is 0.130. The molecule has 1 amide bonds. The highest BCUT2D eigenvalue weighted by molar-refractivity contribution is 7.99. The lowest BCUT2D eigenvalue weighted by atomic mass is 10.1. The number of anilines is 1. The van der Waals surface area contributed by atoms with Crippen LogP contribution in [-0.4, -0.2) is 38.5 Å². The average Bonchev–Trinajstić information content (AvgIpc) is 3.22. The maximum absolute atomic E-state index is 12.4. The molecule has 0 aliphatic heterocycles. The molecule has 2 aromatic heterocycles. The van der Waals surface area contributed by atoms with Crippen molar-refractivity contribution in [2.45, 2.75) is 12.1 Å². The first-order chi connectivity index (χ1) is 15.2. The Morgan fingerprint density at radius 3 is 2.55 bits per heavy atom. The van der Waals surface area contributed by atoms with Crippen LogP contribution in [0.3, 0.4) is 0 Å². The van der Waals surface area contributed by atoms with Crippen molar-refractivity contribution in [3.63, 3.8) is 0 Å². The molecule has 0 fully saturated rings. The fourth-order valence-corrected chi connectivity index (χ4v) is 3.79. The zero-order valence-electron chi connectivity index (χ0n) is 17.1. The van der Waals surface area contributed by atoms with Gasteiger partial charge < -0.3 is 10.1 Å². The summed E-state index contributed by atoms with van der Waals surface area (Å²) in [5.74, 6) is 1.87. The quantitative estimate of drug-likeness (QED) is 0.438. The summed E-state index contributed by atoms with van der Waals surface area (Å²) in [6.07, 6.45) is 1.64. The van der Waals surface area contributed by atoms with Crippen LogP contribution in [0.1, 0.15) is 5.56 Å². The second-order valence-corrected chi connectivity index (χ2v) is 7.67. The first-order valence-corrected chi connectivity index (χ1v) is 10.6. The van der Waals surface area contributed by atoms with Gasteiger partial charge in [0.05, 0.1) is 18.4 Å². The SMILES string of the molecule is COc1ccccc1-c1nnc(SCC(=O)Nc2ccccn2)n1-c1ccc(C)cc1. The molecule has 0 bridgehead atoms. The van der Waals surface area contributed by atoms with Gasteiger partial charge in [-0.05, 0) is 43.3 Å². The normalized spacial score (nSPS) is 10.6. The molecule has 2 aromatic carbocycles. The molecule has 0 aliphatic rings. The number of ether oxygens (including phenoxy) is 1. The monoisotopic (exact) mass is 431 g/mol. The molecular weight excluding hydrogens is 410 g/mol. The number of amides is 1. The molecule has 7 nitrogen and oxygen atoms in total. The van der Waals surface area contributed by atoms with Crippen molar-refractivity contribution < 1.29 is 9.53 Å². The Morgan fingerprint density at radius 1 is 1.03 bits per heavy atom. The third-order valence-electron chi connectivity index (χ3n) is 4.54. The van der Waals surface area contributed by atoms with Crippen LogP contribution in [0, 0.1) is 6.92 Å². The van der Waals surface area contributed by atoms with Gasteiger partial charge in [0.15, 0.2) is 11.0 Å². The number of nitrogens with one attached hydrogen (secondary N) is 1. The Balaban J connectivity index is 1.65. The molecule has 0 radical (unpaired) electrons. The number of para-hydroxylation sites is 1. The molecule has 4 aromatic rings. The number of carbonyl (C=O) groups is 1. The average molecular weight is 432 g/mol. The molecule has 156 valence electrons. The Bertz CT molecular complexity index is 1180. The number of pyridine rings is 1. The first-order valence-electron chi connectivity index (χ1n) is 9.65. The fourth-order valence-electron chi connectivity index (χ4n) is 3.04. The third kappa shape index (κ3) is 4.75. The van der Waals surface area contributed by atoms with E-state index in [1.54, 1.807) is 25.4 Å². The number of hydrogen-bond acceptors (Lipinski definition) is 6. The van der Waals surface area contributed by atoms with Crippen LogP contribution < -0.4 is 10.1 Å². The van der Waals surface area contributed by atoms with Crippen molar-refractivity contribution in [1.29, 1.82) is 0 Å². The van der Waals surface area contributed by atoms with E-state index in [4.69, 9.17) is 4.74 Å². The van der Waals surface area contributed by atoms with Crippen LogP contribution in [-0.2, 0) is 4.79 Å². The molecule has 0 atom stereocenters. The van der Waals surface area contributed by atoms with Gasteiger partial charge in [-0.25, -0.2) is 4.98 Å². The Kier molecular flexibility index (Phi) is 6.28. The molecule has 8 heteroatoms. The smallest absolute Gasteiger partial charge is 0.236 e. The van der Waals surface area contributed by atoms with Crippen molar-refractivity contribution in [3.05, 3.63) is 78.5 Å². The molecule has 0 saturated heterocycles. The van der Waals surface area contributed by atoms with E-state index in [1.165, 1.54) is 11.8 Å². The van der Waals surface area contributed by atoms with E-state index >= 15 is 0 Å². The van der Waals surface area contributed by atoms with Crippen molar-refractivity contribution >= 4 is 23.5 Å². The summed E-state index contributed by atoms with van der Waals surface area (Å²) in [7, 11) is 1.63. The number of benzene rings is 2. The summed E-state index contributed by atoms with van der Waals surface area (Å²) >= 11 is 1.31. The molecular formula is C23H21N5O2S. The van der Waals surface area contributed by atoms with Gasteiger partial charge in [-0.15, -0.1) is 10.2 Å². The van der Waals surface area contributed by atoms with E-state index in [0.717, 1.165) is 16.8 Å². The van der Waals surface area contributed by atoms with Crippen LogP contribution >= 0.6 is 11.8 Å². The number of carbonyl (C=O) groups excluding carboxylic acids is 1. The van der Waals surface area contributed by atoms with E-state index < -0.39 is 0 Å². The maximum atomic E-state index is 12.4. The molecule has 0 aliphatic carbocycles. The minimum absolute atomic E-state index is 0.166. The number of methoxy groups -OCH3 is 1. The van der Waals surface area contributed by atoms with Crippen molar-refractivity contribution in [3.8, 4) is 22.8 Å². The highest BCUT2D eigenvalue weighted by atomic mass is 32.2. The van der Waals surface area contributed by atoms with Crippen molar-refractivity contribution in [1.82, 2.24) is 19.7 Å². The molecule has 0 spiro atoms. The Labute approximate surface area is 184 Å². The standard InChI is InChI=1S/C23H21N5O2S/c1-16-10-12-17(13-11-16)28-22(18-7-3-4-8-19(18)30-2)26-27-23(28)31-15-21(29)25-20-9-5-6-14-24-20/h3-14H,15H2,1-2H3,(H,24,25,29). The highest BCUT2D eigenvalue weighted by Crippen LogP contribution is 2.33. The summed E-state index contributed by atoms with van der Waals surface area (Å²) < 4.78 is 7.47. The van der Waals surface area contributed by atoms with Crippen LogP contribution in [0.4, 0.5) is 5.82 Å². The Morgan fingerprint density at radius 2 is 1.81 bits per heavy atom. The number of aryl methyl sites for hydroxylation is 1. The molecule has 2 heterocycles. The molecule has 31 heavy (non-hydrogen) atoms. The molecule has 0 saturated carbocycles. The lowest BCUT2D eigenvalue weighted by Crippen LogP contribution is -2.15. The van der Waals surface area contributed by atoms with Crippen molar-refractivity contribution in [2.24, 2.45) is 0 Å². The number of aromatic nitrogens is 4. The summed E-state index contributed by atoms with van der Waals surface area (Å²) in [4.78, 5) is 16.5. The minimum Gasteiger partial charge on any atom is -0.496 e. The second kappa shape index (κ2) is 9.44. The van der Waals surface area contributed by atoms with E-state index in [1.807, 2.05) is 66.1 Å². The summed E-state index contributed by atoms with van der Waals surface area (Å²) in [6.45, 7) is 2.04. The van der Waals surface area contributed by atoms with Gasteiger partial charge in [0.1, 0.15) is 11.6 Å². The first kappa shape index (κ1) is 20.6. The van der Waals surface area contributed by atoms with E-state index in [-0.39, 0.29) is 11.7 Å². The van der Waals surface area contributed by atoms with Gasteiger partial charge >= 0.3 is 0 Å². The summed E-state index contributed by atoms with van der Waals surface area (Å²) in [5.41, 5.74) is 2.88. The zero-order chi connectivity index (χ0) is 21.6. The van der Waals surface area contributed by atoms with Gasteiger partial charge in [-0.2, -0.15) is 0 Å².